The first kappa shape index (κ1) is 15.1. The van der Waals surface area contributed by atoms with Crippen LogP contribution in [0.15, 0.2) is 54.6 Å². The number of nitrogens with one attached hydrogen (secondary N) is 1. The molecule has 2 aromatic carbocycles. The van der Waals surface area contributed by atoms with Gasteiger partial charge in [-0.2, -0.15) is 0 Å². The molecule has 2 rings (SSSR count). The number of para-hydroxylation sites is 1. The molecule has 0 spiro atoms. The second kappa shape index (κ2) is 8.07. The van der Waals surface area contributed by atoms with Crippen molar-refractivity contribution in [1.29, 1.82) is 0 Å². The maximum atomic E-state index is 11.9. The summed E-state index contributed by atoms with van der Waals surface area (Å²) in [6, 6.07) is 17.1. The van der Waals surface area contributed by atoms with Crippen molar-refractivity contribution in [1.82, 2.24) is 5.32 Å². The summed E-state index contributed by atoms with van der Waals surface area (Å²) < 4.78 is 5.55. The van der Waals surface area contributed by atoms with Gasteiger partial charge in [-0.15, -0.1) is 0 Å². The van der Waals surface area contributed by atoms with Crippen LogP contribution in [0, 0.1) is 0 Å². The molecule has 3 N–H and O–H groups in total. The van der Waals surface area contributed by atoms with Crippen molar-refractivity contribution < 1.29 is 9.53 Å². The van der Waals surface area contributed by atoms with Gasteiger partial charge in [0.1, 0.15) is 0 Å². The highest BCUT2D eigenvalue weighted by Crippen LogP contribution is 2.09. The minimum Gasteiger partial charge on any atom is -0.398 e. The normalized spacial score (nSPS) is 10.3. The zero-order chi connectivity index (χ0) is 14.9. The van der Waals surface area contributed by atoms with Gasteiger partial charge >= 0.3 is 0 Å². The van der Waals surface area contributed by atoms with E-state index < -0.39 is 0 Å². The lowest BCUT2D eigenvalue weighted by Gasteiger charge is -2.08. The minimum atomic E-state index is -0.142. The number of benzene rings is 2. The van der Waals surface area contributed by atoms with E-state index in [1.54, 1.807) is 18.2 Å². The van der Waals surface area contributed by atoms with Gasteiger partial charge in [-0.3, -0.25) is 4.79 Å². The molecule has 0 fully saturated rings. The van der Waals surface area contributed by atoms with Crippen LogP contribution >= 0.6 is 0 Å². The van der Waals surface area contributed by atoms with E-state index in [1.165, 1.54) is 0 Å². The van der Waals surface area contributed by atoms with Gasteiger partial charge < -0.3 is 15.8 Å². The summed E-state index contributed by atoms with van der Waals surface area (Å²) >= 11 is 0. The van der Waals surface area contributed by atoms with E-state index >= 15 is 0 Å². The van der Waals surface area contributed by atoms with Crippen LogP contribution in [0.2, 0.25) is 0 Å². The molecule has 0 bridgehead atoms. The summed E-state index contributed by atoms with van der Waals surface area (Å²) in [6.07, 6.45) is 0.769. The number of rotatable bonds is 7. The Morgan fingerprint density at radius 3 is 2.52 bits per heavy atom. The molecule has 0 heterocycles. The van der Waals surface area contributed by atoms with Crippen LogP contribution in [0.1, 0.15) is 22.3 Å². The van der Waals surface area contributed by atoms with Crippen molar-refractivity contribution in [2.45, 2.75) is 13.0 Å². The number of ether oxygens (including phenoxy) is 1. The molecule has 0 aromatic heterocycles. The van der Waals surface area contributed by atoms with Gasteiger partial charge in [0.15, 0.2) is 0 Å². The predicted octanol–water partition coefficient (Wildman–Crippen LogP) is 2.61. The van der Waals surface area contributed by atoms with Crippen molar-refractivity contribution in [2.75, 3.05) is 18.9 Å². The van der Waals surface area contributed by atoms with Crippen LogP contribution < -0.4 is 11.1 Å². The maximum Gasteiger partial charge on any atom is 0.253 e. The van der Waals surface area contributed by atoms with E-state index in [0.717, 1.165) is 12.0 Å². The third kappa shape index (κ3) is 4.93. The summed E-state index contributed by atoms with van der Waals surface area (Å²) in [5.74, 6) is -0.142. The van der Waals surface area contributed by atoms with Crippen molar-refractivity contribution in [3.63, 3.8) is 0 Å². The largest absolute Gasteiger partial charge is 0.398 e. The molecule has 110 valence electrons. The molecule has 0 unspecified atom stereocenters. The Bertz CT molecular complexity index is 570. The monoisotopic (exact) mass is 284 g/mol. The lowest BCUT2D eigenvalue weighted by atomic mass is 10.1. The van der Waals surface area contributed by atoms with E-state index in [-0.39, 0.29) is 5.91 Å². The number of hydrogen-bond acceptors (Lipinski definition) is 3. The average molecular weight is 284 g/mol. The second-order valence-corrected chi connectivity index (χ2v) is 4.73. The molecule has 0 atom stereocenters. The van der Waals surface area contributed by atoms with Crippen LogP contribution in [0.3, 0.4) is 0 Å². The Hall–Kier alpha value is -2.33. The Kier molecular flexibility index (Phi) is 5.79. The number of carbonyl (C=O) groups is 1. The Balaban J connectivity index is 1.62. The molecule has 0 saturated carbocycles. The number of anilines is 1. The zero-order valence-corrected chi connectivity index (χ0v) is 11.9. The van der Waals surface area contributed by atoms with Gasteiger partial charge in [0.25, 0.3) is 5.91 Å². The minimum absolute atomic E-state index is 0.142. The number of carbonyl (C=O) groups excluding carboxylic acids is 1. The third-order valence-electron chi connectivity index (χ3n) is 3.07. The van der Waals surface area contributed by atoms with E-state index in [2.05, 4.69) is 5.32 Å². The highest BCUT2D eigenvalue weighted by molar-refractivity contribution is 5.98. The smallest absolute Gasteiger partial charge is 0.253 e. The van der Waals surface area contributed by atoms with Crippen LogP contribution in [0.25, 0.3) is 0 Å². The third-order valence-corrected chi connectivity index (χ3v) is 3.07. The molecule has 1 amide bonds. The van der Waals surface area contributed by atoms with Gasteiger partial charge in [-0.1, -0.05) is 42.5 Å². The quantitative estimate of drug-likeness (QED) is 0.607. The maximum absolute atomic E-state index is 11.9. The van der Waals surface area contributed by atoms with Gasteiger partial charge in [0, 0.05) is 18.8 Å². The van der Waals surface area contributed by atoms with Crippen LogP contribution in [-0.2, 0) is 11.3 Å². The molecule has 2 aromatic rings. The first-order chi connectivity index (χ1) is 10.3. The fourth-order valence-corrected chi connectivity index (χ4v) is 1.94. The molecule has 0 aliphatic rings. The highest BCUT2D eigenvalue weighted by atomic mass is 16.5. The van der Waals surface area contributed by atoms with Crippen molar-refractivity contribution >= 4 is 11.6 Å². The molecule has 0 saturated heterocycles. The number of amides is 1. The molecule has 0 aliphatic heterocycles. The zero-order valence-electron chi connectivity index (χ0n) is 11.9. The van der Waals surface area contributed by atoms with E-state index in [0.29, 0.717) is 31.0 Å². The first-order valence-electron chi connectivity index (χ1n) is 7.02. The van der Waals surface area contributed by atoms with Crippen molar-refractivity contribution in [3.05, 3.63) is 65.7 Å². The Morgan fingerprint density at radius 1 is 1.05 bits per heavy atom. The molecule has 21 heavy (non-hydrogen) atoms. The lowest BCUT2D eigenvalue weighted by Crippen LogP contribution is -2.26. The Labute approximate surface area is 124 Å². The van der Waals surface area contributed by atoms with E-state index in [1.807, 2.05) is 36.4 Å². The first-order valence-corrected chi connectivity index (χ1v) is 7.02. The van der Waals surface area contributed by atoms with Crippen LogP contribution in [0.5, 0.6) is 0 Å². The fourth-order valence-electron chi connectivity index (χ4n) is 1.94. The summed E-state index contributed by atoms with van der Waals surface area (Å²) in [5.41, 5.74) is 7.92. The van der Waals surface area contributed by atoms with Crippen molar-refractivity contribution in [3.8, 4) is 0 Å². The van der Waals surface area contributed by atoms with Crippen LogP contribution in [0.4, 0.5) is 5.69 Å². The molecule has 4 heteroatoms. The van der Waals surface area contributed by atoms with E-state index in [9.17, 15) is 4.79 Å². The molecule has 0 aliphatic carbocycles. The number of hydrogen-bond donors (Lipinski definition) is 2. The summed E-state index contributed by atoms with van der Waals surface area (Å²) in [4.78, 5) is 11.9. The Morgan fingerprint density at radius 2 is 1.76 bits per heavy atom. The van der Waals surface area contributed by atoms with Crippen molar-refractivity contribution in [2.24, 2.45) is 0 Å². The van der Waals surface area contributed by atoms with E-state index in [4.69, 9.17) is 10.5 Å². The van der Waals surface area contributed by atoms with Gasteiger partial charge in [-0.05, 0) is 24.1 Å². The second-order valence-electron chi connectivity index (χ2n) is 4.73. The van der Waals surface area contributed by atoms with Gasteiger partial charge in [0.2, 0.25) is 0 Å². The standard InChI is InChI=1S/C17H20N2O2/c18-16-10-5-4-9-15(16)17(20)19-11-6-12-21-13-14-7-2-1-3-8-14/h1-5,7-10H,6,11-13,18H2,(H,19,20). The number of nitrogens with two attached hydrogens (primary N) is 1. The average Bonchev–Trinajstić information content (AvgIpc) is 2.52. The lowest BCUT2D eigenvalue weighted by molar-refractivity contribution is 0.0935. The highest BCUT2D eigenvalue weighted by Gasteiger charge is 2.07. The van der Waals surface area contributed by atoms with Gasteiger partial charge in [-0.25, -0.2) is 0 Å². The molecule has 0 radical (unpaired) electrons. The summed E-state index contributed by atoms with van der Waals surface area (Å²) in [7, 11) is 0. The summed E-state index contributed by atoms with van der Waals surface area (Å²) in [6.45, 7) is 1.78. The summed E-state index contributed by atoms with van der Waals surface area (Å²) in [5, 5.41) is 2.84. The number of nitrogen functional groups attached to an aromatic ring is 1. The fraction of sp³-hybridized carbons (Fsp3) is 0.235. The topological polar surface area (TPSA) is 64.4 Å². The SMILES string of the molecule is Nc1ccccc1C(=O)NCCCOCc1ccccc1. The molecule has 4 nitrogen and oxygen atoms in total. The predicted molar refractivity (Wildman–Crippen MR) is 83.9 cm³/mol. The van der Waals surface area contributed by atoms with Crippen LogP contribution in [-0.4, -0.2) is 19.1 Å². The van der Waals surface area contributed by atoms with Gasteiger partial charge in [0.05, 0.1) is 12.2 Å². The molecular weight excluding hydrogens is 264 g/mol. The molecular formula is C17H20N2O2.